The molecule has 1 aliphatic rings. The summed E-state index contributed by atoms with van der Waals surface area (Å²) in [7, 11) is 2.19. The average Bonchev–Trinajstić information content (AvgIpc) is 3.10. The first kappa shape index (κ1) is 25.9. The summed E-state index contributed by atoms with van der Waals surface area (Å²) >= 11 is 0. The Morgan fingerprint density at radius 2 is 2.08 bits per heavy atom. The lowest BCUT2D eigenvalue weighted by Gasteiger charge is -2.20. The van der Waals surface area contributed by atoms with Crippen molar-refractivity contribution in [2.24, 2.45) is 4.99 Å². The van der Waals surface area contributed by atoms with Gasteiger partial charge in [0.05, 0.1) is 12.7 Å². The SMILES string of the molecule is CCNC(=NCCCOCC1CCCO1)NCCCCN(C)C(C)C.I. The summed E-state index contributed by atoms with van der Waals surface area (Å²) < 4.78 is 11.2. The molecule has 0 spiro atoms. The predicted molar refractivity (Wildman–Crippen MR) is 121 cm³/mol. The number of hydrogen-bond acceptors (Lipinski definition) is 4. The fraction of sp³-hybridized carbons (Fsp3) is 0.947. The maximum Gasteiger partial charge on any atom is 0.191 e. The molecular formula is C19H41IN4O2. The number of guanidine groups is 1. The van der Waals surface area contributed by atoms with E-state index in [-0.39, 0.29) is 24.0 Å². The van der Waals surface area contributed by atoms with Gasteiger partial charge in [-0.05, 0) is 66.5 Å². The van der Waals surface area contributed by atoms with Gasteiger partial charge in [0.25, 0.3) is 0 Å². The van der Waals surface area contributed by atoms with E-state index in [0.717, 1.165) is 71.2 Å². The Morgan fingerprint density at radius 3 is 2.73 bits per heavy atom. The number of halogens is 1. The standard InChI is InChI=1S/C19H40N4O2.HI/c1-5-20-19(21-11-6-7-13-23(4)17(2)3)22-12-9-14-24-16-18-10-8-15-25-18;/h17-18H,5-16H2,1-4H3,(H2,20,21,22);1H. The number of unbranched alkanes of at least 4 members (excludes halogenated alkanes) is 1. The molecule has 0 radical (unpaired) electrons. The number of hydrogen-bond donors (Lipinski definition) is 2. The maximum atomic E-state index is 5.67. The smallest absolute Gasteiger partial charge is 0.191 e. The van der Waals surface area contributed by atoms with E-state index in [1.165, 1.54) is 12.8 Å². The summed E-state index contributed by atoms with van der Waals surface area (Å²) in [5.74, 6) is 0.916. The van der Waals surface area contributed by atoms with Crippen molar-refractivity contribution >= 4 is 29.9 Å². The van der Waals surface area contributed by atoms with Crippen molar-refractivity contribution in [1.82, 2.24) is 15.5 Å². The Hall–Kier alpha value is -0.120. The Kier molecular flexibility index (Phi) is 16.9. The lowest BCUT2D eigenvalue weighted by molar-refractivity contribution is 0.0171. The van der Waals surface area contributed by atoms with Gasteiger partial charge in [-0.15, -0.1) is 24.0 Å². The number of rotatable bonds is 13. The summed E-state index contributed by atoms with van der Waals surface area (Å²) in [5.41, 5.74) is 0. The largest absolute Gasteiger partial charge is 0.379 e. The molecular weight excluding hydrogens is 443 g/mol. The first-order valence-electron chi connectivity index (χ1n) is 10.0. The van der Waals surface area contributed by atoms with Crippen LogP contribution in [0.1, 0.15) is 52.9 Å². The highest BCUT2D eigenvalue weighted by molar-refractivity contribution is 14.0. The number of aliphatic imine (C=N–C) groups is 1. The third-order valence-electron chi connectivity index (χ3n) is 4.50. The second-order valence-electron chi connectivity index (χ2n) is 7.03. The lowest BCUT2D eigenvalue weighted by atomic mass is 10.2. The third-order valence-corrected chi connectivity index (χ3v) is 4.50. The molecule has 6 nitrogen and oxygen atoms in total. The third kappa shape index (κ3) is 13.1. The average molecular weight is 484 g/mol. The maximum absolute atomic E-state index is 5.67. The minimum absolute atomic E-state index is 0. The minimum atomic E-state index is 0. The minimum Gasteiger partial charge on any atom is -0.379 e. The zero-order chi connectivity index (χ0) is 18.3. The van der Waals surface area contributed by atoms with Crippen molar-refractivity contribution in [2.45, 2.75) is 65.0 Å². The van der Waals surface area contributed by atoms with Crippen molar-refractivity contribution < 1.29 is 9.47 Å². The molecule has 156 valence electrons. The van der Waals surface area contributed by atoms with E-state index in [9.17, 15) is 0 Å². The van der Waals surface area contributed by atoms with Gasteiger partial charge in [-0.3, -0.25) is 4.99 Å². The molecule has 2 N–H and O–H groups in total. The molecule has 1 saturated heterocycles. The van der Waals surface area contributed by atoms with E-state index in [1.54, 1.807) is 0 Å². The molecule has 1 atom stereocenters. The van der Waals surface area contributed by atoms with E-state index in [4.69, 9.17) is 9.47 Å². The van der Waals surface area contributed by atoms with Crippen molar-refractivity contribution in [1.29, 1.82) is 0 Å². The Labute approximate surface area is 177 Å². The van der Waals surface area contributed by atoms with Gasteiger partial charge in [-0.2, -0.15) is 0 Å². The van der Waals surface area contributed by atoms with Crippen LogP contribution in [0.3, 0.4) is 0 Å². The summed E-state index contributed by atoms with van der Waals surface area (Å²) in [6, 6.07) is 0.620. The van der Waals surface area contributed by atoms with Crippen molar-refractivity contribution in [3.05, 3.63) is 0 Å². The van der Waals surface area contributed by atoms with Crippen molar-refractivity contribution in [3.63, 3.8) is 0 Å². The van der Waals surface area contributed by atoms with Crippen LogP contribution in [0.4, 0.5) is 0 Å². The molecule has 7 heteroatoms. The van der Waals surface area contributed by atoms with Crippen LogP contribution < -0.4 is 10.6 Å². The van der Waals surface area contributed by atoms with Crippen LogP contribution in [-0.4, -0.2) is 76.1 Å². The van der Waals surface area contributed by atoms with Crippen LogP contribution in [0, 0.1) is 0 Å². The summed E-state index contributed by atoms with van der Waals surface area (Å²) in [6.07, 6.45) is 5.94. The summed E-state index contributed by atoms with van der Waals surface area (Å²) in [6.45, 7) is 12.7. The van der Waals surface area contributed by atoms with Gasteiger partial charge in [-0.1, -0.05) is 0 Å². The molecule has 1 heterocycles. The van der Waals surface area contributed by atoms with Gasteiger partial charge >= 0.3 is 0 Å². The highest BCUT2D eigenvalue weighted by Gasteiger charge is 2.14. The summed E-state index contributed by atoms with van der Waals surface area (Å²) in [5, 5.41) is 6.72. The molecule has 0 aliphatic carbocycles. The van der Waals surface area contributed by atoms with E-state index in [0.29, 0.717) is 12.1 Å². The molecule has 0 saturated carbocycles. The van der Waals surface area contributed by atoms with Crippen LogP contribution in [0.25, 0.3) is 0 Å². The van der Waals surface area contributed by atoms with E-state index in [1.807, 2.05) is 0 Å². The first-order valence-corrected chi connectivity index (χ1v) is 10.0. The number of nitrogens with zero attached hydrogens (tertiary/aromatic N) is 2. The van der Waals surface area contributed by atoms with E-state index < -0.39 is 0 Å². The van der Waals surface area contributed by atoms with Gasteiger partial charge in [0.2, 0.25) is 0 Å². The van der Waals surface area contributed by atoms with Crippen LogP contribution >= 0.6 is 24.0 Å². The zero-order valence-electron chi connectivity index (χ0n) is 17.3. The fourth-order valence-corrected chi connectivity index (χ4v) is 2.64. The molecule has 1 unspecified atom stereocenters. The van der Waals surface area contributed by atoms with Crippen LogP contribution in [0.5, 0.6) is 0 Å². The van der Waals surface area contributed by atoms with Crippen LogP contribution in [0.2, 0.25) is 0 Å². The highest BCUT2D eigenvalue weighted by atomic mass is 127. The van der Waals surface area contributed by atoms with Gasteiger partial charge < -0.3 is 25.0 Å². The normalized spacial score (nSPS) is 17.6. The van der Waals surface area contributed by atoms with Gasteiger partial charge in [0, 0.05) is 38.9 Å². The molecule has 0 aromatic rings. The van der Waals surface area contributed by atoms with Crippen molar-refractivity contribution in [3.8, 4) is 0 Å². The Morgan fingerprint density at radius 1 is 1.27 bits per heavy atom. The first-order chi connectivity index (χ1) is 12.1. The lowest BCUT2D eigenvalue weighted by Crippen LogP contribution is -2.38. The molecule has 1 aliphatic heterocycles. The van der Waals surface area contributed by atoms with Gasteiger partial charge in [0.15, 0.2) is 5.96 Å². The topological polar surface area (TPSA) is 58.1 Å². The van der Waals surface area contributed by atoms with Crippen LogP contribution in [0.15, 0.2) is 4.99 Å². The fourth-order valence-electron chi connectivity index (χ4n) is 2.64. The Bertz CT molecular complexity index is 350. The van der Waals surface area contributed by atoms with E-state index in [2.05, 4.69) is 48.3 Å². The molecule has 0 aromatic heterocycles. The molecule has 26 heavy (non-hydrogen) atoms. The molecule has 1 fully saturated rings. The van der Waals surface area contributed by atoms with E-state index >= 15 is 0 Å². The Balaban J connectivity index is 0.00000625. The second kappa shape index (κ2) is 17.0. The van der Waals surface area contributed by atoms with Gasteiger partial charge in [-0.25, -0.2) is 0 Å². The van der Waals surface area contributed by atoms with Crippen molar-refractivity contribution in [2.75, 3.05) is 53.0 Å². The predicted octanol–water partition coefficient (Wildman–Crippen LogP) is 2.87. The van der Waals surface area contributed by atoms with Gasteiger partial charge in [0.1, 0.15) is 0 Å². The second-order valence-corrected chi connectivity index (χ2v) is 7.03. The molecule has 0 bridgehead atoms. The number of ether oxygens (including phenoxy) is 2. The molecule has 1 rings (SSSR count). The molecule has 0 amide bonds. The zero-order valence-corrected chi connectivity index (χ0v) is 19.6. The summed E-state index contributed by atoms with van der Waals surface area (Å²) in [4.78, 5) is 7.00. The van der Waals surface area contributed by atoms with Crippen LogP contribution in [-0.2, 0) is 9.47 Å². The number of nitrogens with one attached hydrogen (secondary N) is 2. The monoisotopic (exact) mass is 484 g/mol. The molecule has 0 aromatic carbocycles. The highest BCUT2D eigenvalue weighted by Crippen LogP contribution is 2.11. The quantitative estimate of drug-likeness (QED) is 0.182.